The van der Waals surface area contributed by atoms with Crippen molar-refractivity contribution in [2.24, 2.45) is 0 Å². The molecule has 1 aromatic rings. The quantitative estimate of drug-likeness (QED) is 0.791. The van der Waals surface area contributed by atoms with E-state index < -0.39 is 0 Å². The molecule has 0 bridgehead atoms. The highest BCUT2D eigenvalue weighted by Crippen LogP contribution is 2.16. The van der Waals surface area contributed by atoms with Gasteiger partial charge in [0, 0.05) is 6.54 Å². The number of benzene rings is 1. The molecule has 1 heterocycles. The van der Waals surface area contributed by atoms with E-state index in [4.69, 9.17) is 9.94 Å². The van der Waals surface area contributed by atoms with Crippen LogP contribution in [0.15, 0.2) is 30.3 Å². The van der Waals surface area contributed by atoms with Crippen LogP contribution in [0.2, 0.25) is 0 Å². The lowest BCUT2D eigenvalue weighted by Crippen LogP contribution is -2.44. The molecule has 0 unspecified atom stereocenters. The fourth-order valence-corrected chi connectivity index (χ4v) is 2.11. The van der Waals surface area contributed by atoms with Crippen LogP contribution in [0.5, 0.6) is 0 Å². The molecule has 2 N–H and O–H groups in total. The number of rotatable bonds is 4. The lowest BCUT2D eigenvalue weighted by molar-refractivity contribution is 0.0323. The van der Waals surface area contributed by atoms with Gasteiger partial charge >= 0.3 is 6.03 Å². The molecule has 0 aromatic heterocycles. The Hall–Kier alpha value is -1.59. The third-order valence-electron chi connectivity index (χ3n) is 3.09. The van der Waals surface area contributed by atoms with Gasteiger partial charge in [-0.2, -0.15) is 0 Å². The molecule has 1 saturated heterocycles. The molecule has 1 fully saturated rings. The number of carbonyl (C=O) groups is 1. The summed E-state index contributed by atoms with van der Waals surface area (Å²) in [7, 11) is 0. The molecule has 1 aromatic carbocycles. The molecule has 5 heteroatoms. The van der Waals surface area contributed by atoms with E-state index in [0.717, 1.165) is 18.4 Å². The van der Waals surface area contributed by atoms with Gasteiger partial charge in [-0.15, -0.1) is 0 Å². The molecule has 0 spiro atoms. The Labute approximate surface area is 106 Å². The Morgan fingerprint density at radius 1 is 1.44 bits per heavy atom. The molecule has 5 nitrogen and oxygen atoms in total. The Kier molecular flexibility index (Phi) is 4.55. The highest BCUT2D eigenvalue weighted by Gasteiger charge is 2.27. The smallest absolute Gasteiger partial charge is 0.341 e. The maximum absolute atomic E-state index is 11.8. The molecule has 18 heavy (non-hydrogen) atoms. The summed E-state index contributed by atoms with van der Waals surface area (Å²) in [6, 6.07) is 9.27. The zero-order chi connectivity index (χ0) is 12.8. The van der Waals surface area contributed by atoms with Gasteiger partial charge in [0.1, 0.15) is 0 Å². The number of nitrogens with one attached hydrogen (secondary N) is 1. The average Bonchev–Trinajstić information content (AvgIpc) is 2.88. The largest absolute Gasteiger partial charge is 0.394 e. The van der Waals surface area contributed by atoms with Crippen LogP contribution in [0.1, 0.15) is 18.4 Å². The van der Waals surface area contributed by atoms with Gasteiger partial charge in [-0.3, -0.25) is 4.84 Å². The van der Waals surface area contributed by atoms with E-state index in [9.17, 15) is 4.79 Å². The van der Waals surface area contributed by atoms with Gasteiger partial charge in [0.2, 0.25) is 0 Å². The van der Waals surface area contributed by atoms with Crippen molar-refractivity contribution in [2.45, 2.75) is 25.5 Å². The maximum atomic E-state index is 11.8. The second-order valence-corrected chi connectivity index (χ2v) is 4.35. The normalized spacial score (nSPS) is 18.9. The van der Waals surface area contributed by atoms with Crippen LogP contribution in [0.3, 0.4) is 0 Å². The first-order chi connectivity index (χ1) is 8.81. The summed E-state index contributed by atoms with van der Waals surface area (Å²) in [5.74, 6) is 0. The predicted molar refractivity (Wildman–Crippen MR) is 66.6 cm³/mol. The maximum Gasteiger partial charge on any atom is 0.341 e. The van der Waals surface area contributed by atoms with E-state index in [2.05, 4.69) is 5.48 Å². The fraction of sp³-hybridized carbons (Fsp3) is 0.462. The monoisotopic (exact) mass is 250 g/mol. The topological polar surface area (TPSA) is 61.8 Å². The van der Waals surface area contributed by atoms with Crippen molar-refractivity contribution in [3.8, 4) is 0 Å². The van der Waals surface area contributed by atoms with Gasteiger partial charge in [-0.25, -0.2) is 10.3 Å². The summed E-state index contributed by atoms with van der Waals surface area (Å²) in [5.41, 5.74) is 3.41. The van der Waals surface area contributed by atoms with Crippen LogP contribution in [0, 0.1) is 0 Å². The Bertz CT molecular complexity index is 383. The molecule has 0 aliphatic carbocycles. The molecular formula is C13H18N2O3. The molecule has 98 valence electrons. The molecule has 1 aliphatic rings. The first-order valence-corrected chi connectivity index (χ1v) is 6.14. The summed E-state index contributed by atoms with van der Waals surface area (Å²) in [6.07, 6.45) is 1.78. The number of carbonyl (C=O) groups excluding carboxylic acids is 1. The summed E-state index contributed by atoms with van der Waals surface area (Å²) < 4.78 is 0. The van der Waals surface area contributed by atoms with Crippen molar-refractivity contribution in [3.05, 3.63) is 35.9 Å². The minimum atomic E-state index is -0.275. The standard InChI is InChI=1S/C13H18N2O3/c16-9-12-7-4-8-15(12)13(17)14-18-10-11-5-2-1-3-6-11/h1-3,5-6,12,16H,4,7-10H2,(H,14,17)/t12-/m0/s1. The Balaban J connectivity index is 1.75. The molecule has 1 atom stereocenters. The van der Waals surface area contributed by atoms with Gasteiger partial charge in [-0.1, -0.05) is 30.3 Å². The molecule has 2 amide bonds. The van der Waals surface area contributed by atoms with Crippen LogP contribution in [-0.2, 0) is 11.4 Å². The summed E-state index contributed by atoms with van der Waals surface area (Å²) in [5, 5.41) is 9.13. The van der Waals surface area contributed by atoms with Crippen LogP contribution in [0.25, 0.3) is 0 Å². The molecular weight excluding hydrogens is 232 g/mol. The number of hydroxylamine groups is 1. The van der Waals surface area contributed by atoms with Crippen molar-refractivity contribution < 1.29 is 14.7 Å². The lowest BCUT2D eigenvalue weighted by atomic mass is 10.2. The van der Waals surface area contributed by atoms with E-state index >= 15 is 0 Å². The number of likely N-dealkylation sites (tertiary alicyclic amines) is 1. The molecule has 0 saturated carbocycles. The summed E-state index contributed by atoms with van der Waals surface area (Å²) >= 11 is 0. The zero-order valence-corrected chi connectivity index (χ0v) is 10.2. The van der Waals surface area contributed by atoms with Gasteiger partial charge in [0.25, 0.3) is 0 Å². The average molecular weight is 250 g/mol. The predicted octanol–water partition coefficient (Wildman–Crippen LogP) is 1.28. The minimum absolute atomic E-state index is 0.00606. The van der Waals surface area contributed by atoms with Crippen LogP contribution >= 0.6 is 0 Å². The fourth-order valence-electron chi connectivity index (χ4n) is 2.11. The van der Waals surface area contributed by atoms with Crippen molar-refractivity contribution in [3.63, 3.8) is 0 Å². The highest BCUT2D eigenvalue weighted by molar-refractivity contribution is 5.73. The van der Waals surface area contributed by atoms with Crippen LogP contribution < -0.4 is 5.48 Å². The number of aliphatic hydroxyl groups is 1. The summed E-state index contributed by atoms with van der Waals surface area (Å²) in [6.45, 7) is 1.02. The third kappa shape index (κ3) is 3.21. The first-order valence-electron chi connectivity index (χ1n) is 6.14. The van der Waals surface area contributed by atoms with Crippen molar-refractivity contribution in [2.75, 3.05) is 13.2 Å². The summed E-state index contributed by atoms with van der Waals surface area (Å²) in [4.78, 5) is 18.6. The van der Waals surface area contributed by atoms with Crippen molar-refractivity contribution in [1.29, 1.82) is 0 Å². The first kappa shape index (κ1) is 12.9. The SMILES string of the molecule is O=C(NOCc1ccccc1)N1CCC[C@H]1CO. The highest BCUT2D eigenvalue weighted by atomic mass is 16.7. The second kappa shape index (κ2) is 6.37. The third-order valence-corrected chi connectivity index (χ3v) is 3.09. The van der Waals surface area contributed by atoms with Gasteiger partial charge in [0.15, 0.2) is 0 Å². The number of nitrogens with zero attached hydrogens (tertiary/aromatic N) is 1. The number of aliphatic hydroxyl groups excluding tert-OH is 1. The second-order valence-electron chi connectivity index (χ2n) is 4.35. The molecule has 0 radical (unpaired) electrons. The van der Waals surface area contributed by atoms with Crippen molar-refractivity contribution in [1.82, 2.24) is 10.4 Å². The number of urea groups is 1. The minimum Gasteiger partial charge on any atom is -0.394 e. The Morgan fingerprint density at radius 3 is 2.94 bits per heavy atom. The lowest BCUT2D eigenvalue weighted by Gasteiger charge is -2.22. The Morgan fingerprint density at radius 2 is 2.22 bits per heavy atom. The van der Waals surface area contributed by atoms with E-state index in [-0.39, 0.29) is 18.7 Å². The molecule has 1 aliphatic heterocycles. The van der Waals surface area contributed by atoms with Crippen LogP contribution in [0.4, 0.5) is 4.79 Å². The van der Waals surface area contributed by atoms with Gasteiger partial charge in [0.05, 0.1) is 19.3 Å². The van der Waals surface area contributed by atoms with Crippen molar-refractivity contribution >= 4 is 6.03 Å². The number of hydrogen-bond acceptors (Lipinski definition) is 3. The molecule has 2 rings (SSSR count). The zero-order valence-electron chi connectivity index (χ0n) is 10.2. The van der Waals surface area contributed by atoms with E-state index in [1.54, 1.807) is 4.90 Å². The van der Waals surface area contributed by atoms with E-state index in [1.807, 2.05) is 30.3 Å². The van der Waals surface area contributed by atoms with Gasteiger partial charge in [-0.05, 0) is 18.4 Å². The van der Waals surface area contributed by atoms with E-state index in [0.29, 0.717) is 13.2 Å². The van der Waals surface area contributed by atoms with E-state index in [1.165, 1.54) is 0 Å². The number of amides is 2. The number of hydrogen-bond donors (Lipinski definition) is 2. The van der Waals surface area contributed by atoms with Gasteiger partial charge < -0.3 is 10.0 Å². The van der Waals surface area contributed by atoms with Crippen LogP contribution in [-0.4, -0.2) is 35.2 Å².